The molecule has 184 valence electrons. The van der Waals surface area contributed by atoms with E-state index in [4.69, 9.17) is 9.84 Å². The van der Waals surface area contributed by atoms with Gasteiger partial charge in [-0.1, -0.05) is 44.2 Å². The number of amides is 1. The maximum Gasteiger partial charge on any atom is 0.335 e. The van der Waals surface area contributed by atoms with E-state index >= 15 is 0 Å². The highest BCUT2D eigenvalue weighted by atomic mass is 32.1. The monoisotopic (exact) mass is 492 g/mol. The third-order valence-corrected chi connectivity index (χ3v) is 6.29. The van der Waals surface area contributed by atoms with Gasteiger partial charge in [0, 0.05) is 11.4 Å². The number of anilines is 2. The molecule has 0 saturated carbocycles. The Morgan fingerprint density at radius 1 is 1.03 bits per heavy atom. The molecule has 3 aromatic carbocycles. The van der Waals surface area contributed by atoms with E-state index in [1.807, 2.05) is 30.3 Å². The van der Waals surface area contributed by atoms with Gasteiger partial charge < -0.3 is 20.1 Å². The van der Waals surface area contributed by atoms with Crippen LogP contribution in [0.15, 0.2) is 72.8 Å². The van der Waals surface area contributed by atoms with Crippen LogP contribution in [0.25, 0.3) is 0 Å². The van der Waals surface area contributed by atoms with Crippen LogP contribution in [0.2, 0.25) is 0 Å². The van der Waals surface area contributed by atoms with Gasteiger partial charge in [0.05, 0.1) is 24.4 Å². The van der Waals surface area contributed by atoms with E-state index in [9.17, 15) is 9.59 Å². The van der Waals surface area contributed by atoms with Crippen LogP contribution < -0.4 is 10.1 Å². The summed E-state index contributed by atoms with van der Waals surface area (Å²) < 4.78 is 5.65. The molecule has 0 heterocycles. The van der Waals surface area contributed by atoms with Crippen LogP contribution in [0.1, 0.15) is 47.7 Å². The van der Waals surface area contributed by atoms with Crippen LogP contribution in [-0.4, -0.2) is 40.9 Å². The number of hydrogen-bond donors (Lipinski definition) is 3. The molecule has 0 saturated heterocycles. The number of carboxylic acid groups (broad SMARTS) is 1. The van der Waals surface area contributed by atoms with E-state index in [1.165, 1.54) is 17.7 Å². The average molecular weight is 493 g/mol. The molecule has 0 spiro atoms. The lowest BCUT2D eigenvalue weighted by Crippen LogP contribution is -2.34. The predicted octanol–water partition coefficient (Wildman–Crippen LogP) is 5.98. The highest BCUT2D eigenvalue weighted by Gasteiger charge is 2.14. The van der Waals surface area contributed by atoms with Crippen molar-refractivity contribution < 1.29 is 19.4 Å². The number of hydrogen-bond acceptors (Lipinski definition) is 5. The van der Waals surface area contributed by atoms with Gasteiger partial charge in [0.1, 0.15) is 12.4 Å². The first-order valence-corrected chi connectivity index (χ1v) is 12.3. The minimum Gasteiger partial charge on any atom is -0.492 e. The quantitative estimate of drug-likeness (QED) is 0.214. The first-order valence-electron chi connectivity index (χ1n) is 11.7. The normalized spacial score (nSPS) is 11.5. The number of thiol groups is 1. The summed E-state index contributed by atoms with van der Waals surface area (Å²) in [5.74, 6) is 0.290. The van der Waals surface area contributed by atoms with Crippen LogP contribution in [-0.2, 0) is 11.2 Å². The second-order valence-electron chi connectivity index (χ2n) is 8.37. The number of carbonyl (C=O) groups is 2. The summed E-state index contributed by atoms with van der Waals surface area (Å²) in [6.45, 7) is 5.08. The maximum absolute atomic E-state index is 12.8. The first-order chi connectivity index (χ1) is 16.9. The van der Waals surface area contributed by atoms with Crippen LogP contribution >= 0.6 is 12.6 Å². The topological polar surface area (TPSA) is 78.9 Å². The lowest BCUT2D eigenvalue weighted by molar-refractivity contribution is -0.129. The van der Waals surface area contributed by atoms with Crippen molar-refractivity contribution in [2.45, 2.75) is 32.6 Å². The number of aromatic carboxylic acids is 1. The number of nitrogens with one attached hydrogen (secondary N) is 1. The van der Waals surface area contributed by atoms with Crippen LogP contribution in [0.3, 0.4) is 0 Å². The molecule has 3 aromatic rings. The van der Waals surface area contributed by atoms with Crippen molar-refractivity contribution in [1.29, 1.82) is 0 Å². The molecule has 0 fully saturated rings. The minimum atomic E-state index is -0.983. The molecule has 0 aliphatic rings. The van der Waals surface area contributed by atoms with Gasteiger partial charge >= 0.3 is 5.97 Å². The van der Waals surface area contributed by atoms with Crippen molar-refractivity contribution in [1.82, 2.24) is 4.90 Å². The van der Waals surface area contributed by atoms with Gasteiger partial charge in [0.15, 0.2) is 0 Å². The Kier molecular flexibility index (Phi) is 9.61. The molecule has 0 aliphatic heterocycles. The van der Waals surface area contributed by atoms with Gasteiger partial charge in [0.2, 0.25) is 5.91 Å². The largest absolute Gasteiger partial charge is 0.492 e. The van der Waals surface area contributed by atoms with Crippen molar-refractivity contribution in [3.8, 4) is 5.75 Å². The molecule has 1 unspecified atom stereocenters. The SMILES string of the molecule is CCC(C)c1ccccc1Nc1ccc(CC(=O)N(CS)CCOc2ccc(C(=O)O)cc2)cc1. The van der Waals surface area contributed by atoms with E-state index < -0.39 is 5.97 Å². The zero-order valence-corrected chi connectivity index (χ0v) is 21.0. The molecule has 1 amide bonds. The Morgan fingerprint density at radius 3 is 2.34 bits per heavy atom. The second-order valence-corrected chi connectivity index (χ2v) is 8.65. The third kappa shape index (κ3) is 7.52. The number of carboxylic acids is 1. The van der Waals surface area contributed by atoms with Gasteiger partial charge in [-0.05, 0) is 65.9 Å². The predicted molar refractivity (Wildman–Crippen MR) is 143 cm³/mol. The van der Waals surface area contributed by atoms with E-state index in [1.54, 1.807) is 17.0 Å². The number of nitrogens with zero attached hydrogens (tertiary/aromatic N) is 1. The van der Waals surface area contributed by atoms with Gasteiger partial charge in [-0.25, -0.2) is 4.79 Å². The summed E-state index contributed by atoms with van der Waals surface area (Å²) in [5.41, 5.74) is 4.49. The Morgan fingerprint density at radius 2 is 1.71 bits per heavy atom. The summed E-state index contributed by atoms with van der Waals surface area (Å²) in [4.78, 5) is 25.3. The third-order valence-electron chi connectivity index (χ3n) is 5.95. The number of carbonyl (C=O) groups excluding carboxylic acids is 1. The van der Waals surface area contributed by atoms with Crippen molar-refractivity contribution in [3.05, 3.63) is 89.5 Å². The van der Waals surface area contributed by atoms with E-state index in [0.29, 0.717) is 18.2 Å². The number of benzene rings is 3. The second kappa shape index (κ2) is 12.9. The molecule has 2 N–H and O–H groups in total. The fourth-order valence-electron chi connectivity index (χ4n) is 3.65. The smallest absolute Gasteiger partial charge is 0.335 e. The minimum absolute atomic E-state index is 0.0346. The average Bonchev–Trinajstić information content (AvgIpc) is 2.88. The summed E-state index contributed by atoms with van der Waals surface area (Å²) in [7, 11) is 0. The van der Waals surface area contributed by atoms with Gasteiger partial charge in [-0.2, -0.15) is 12.6 Å². The summed E-state index contributed by atoms with van der Waals surface area (Å²) in [6, 6.07) is 22.4. The van der Waals surface area contributed by atoms with Crippen LogP contribution in [0, 0.1) is 0 Å². The van der Waals surface area contributed by atoms with Crippen molar-refractivity contribution in [3.63, 3.8) is 0 Å². The van der Waals surface area contributed by atoms with Gasteiger partial charge in [-0.3, -0.25) is 4.79 Å². The van der Waals surface area contributed by atoms with Crippen molar-refractivity contribution in [2.75, 3.05) is 24.3 Å². The summed E-state index contributed by atoms with van der Waals surface area (Å²) in [5, 5.41) is 12.5. The van der Waals surface area contributed by atoms with E-state index in [2.05, 4.69) is 50.0 Å². The van der Waals surface area contributed by atoms with Gasteiger partial charge in [-0.15, -0.1) is 0 Å². The zero-order valence-electron chi connectivity index (χ0n) is 20.1. The van der Waals surface area contributed by atoms with E-state index in [-0.39, 0.29) is 30.4 Å². The number of ether oxygens (including phenoxy) is 1. The highest BCUT2D eigenvalue weighted by molar-refractivity contribution is 7.80. The number of rotatable bonds is 12. The molecule has 35 heavy (non-hydrogen) atoms. The fourth-order valence-corrected chi connectivity index (χ4v) is 3.95. The highest BCUT2D eigenvalue weighted by Crippen LogP contribution is 2.29. The molecule has 1 atom stereocenters. The molecule has 0 radical (unpaired) electrons. The van der Waals surface area contributed by atoms with Crippen molar-refractivity contribution >= 4 is 35.9 Å². The molecular formula is C28H32N2O4S. The molecular weight excluding hydrogens is 460 g/mol. The standard InChI is InChI=1S/C28H32N2O4S/c1-3-20(2)25-6-4-5-7-26(25)29-23-12-8-21(9-13-23)18-27(31)30(19-35)16-17-34-24-14-10-22(11-15-24)28(32)33/h4-15,20,29,35H,3,16-19H2,1-2H3,(H,32,33). The molecule has 6 nitrogen and oxygen atoms in total. The van der Waals surface area contributed by atoms with Gasteiger partial charge in [0.25, 0.3) is 0 Å². The van der Waals surface area contributed by atoms with Crippen LogP contribution in [0.5, 0.6) is 5.75 Å². The molecule has 7 heteroatoms. The van der Waals surface area contributed by atoms with Crippen molar-refractivity contribution in [2.24, 2.45) is 0 Å². The number of para-hydroxylation sites is 1. The first kappa shape index (κ1) is 26.2. The molecule has 0 aliphatic carbocycles. The lowest BCUT2D eigenvalue weighted by Gasteiger charge is -2.21. The Bertz CT molecular complexity index is 1120. The Labute approximate surface area is 212 Å². The Balaban J connectivity index is 1.52. The molecule has 0 bridgehead atoms. The zero-order chi connectivity index (χ0) is 25.2. The van der Waals surface area contributed by atoms with Crippen LogP contribution in [0.4, 0.5) is 11.4 Å². The summed E-state index contributed by atoms with van der Waals surface area (Å²) >= 11 is 4.30. The Hall–Kier alpha value is -3.45. The summed E-state index contributed by atoms with van der Waals surface area (Å²) in [6.07, 6.45) is 1.35. The van der Waals surface area contributed by atoms with E-state index in [0.717, 1.165) is 23.4 Å². The fraction of sp³-hybridized carbons (Fsp3) is 0.286. The molecule has 3 rings (SSSR count). The lowest BCUT2D eigenvalue weighted by atomic mass is 9.97. The maximum atomic E-state index is 12.8. The molecule has 0 aromatic heterocycles.